The molecule has 0 saturated carbocycles. The van der Waals surface area contributed by atoms with Crippen LogP contribution in [0.15, 0.2) is 0 Å². The van der Waals surface area contributed by atoms with Crippen molar-refractivity contribution in [3.05, 3.63) is 0 Å². The summed E-state index contributed by atoms with van der Waals surface area (Å²) in [6.45, 7) is 2.07. The molecule has 0 amide bonds. The van der Waals surface area contributed by atoms with E-state index in [-0.39, 0.29) is 55.3 Å². The molecule has 4 nitrogen and oxygen atoms in total. The Balaban J connectivity index is 0. The Morgan fingerprint density at radius 1 is 1.00 bits per heavy atom. The third-order valence-corrected chi connectivity index (χ3v) is 2.17. The minimum atomic E-state index is -1.54. The van der Waals surface area contributed by atoms with E-state index in [2.05, 4.69) is 6.92 Å². The summed E-state index contributed by atoms with van der Waals surface area (Å²) in [5, 5.41) is 20.7. The van der Waals surface area contributed by atoms with Crippen LogP contribution in [-0.2, 0) is 9.59 Å². The number of aliphatic carboxylic acids is 2. The average molecular weight is 338 g/mol. The molecular weight excluding hydrogens is 321 g/mol. The van der Waals surface area contributed by atoms with Gasteiger partial charge in [-0.05, 0) is 6.42 Å². The SMILES string of the molecule is CCCCCCCC(C(=O)[O-])C(=O)[O-].[Ba+2]. The second-order valence-corrected chi connectivity index (χ2v) is 3.39. The molecule has 82 valence electrons. The third-order valence-electron chi connectivity index (χ3n) is 2.17. The van der Waals surface area contributed by atoms with Crippen molar-refractivity contribution in [3.8, 4) is 0 Å². The molecule has 0 heterocycles. The Labute approximate surface area is 131 Å². The fraction of sp³-hybridized carbons (Fsp3) is 0.800. The number of hydrogen-bond acceptors (Lipinski definition) is 4. The van der Waals surface area contributed by atoms with E-state index in [1.54, 1.807) is 0 Å². The quantitative estimate of drug-likeness (QED) is 0.326. The van der Waals surface area contributed by atoms with Gasteiger partial charge in [0.1, 0.15) is 0 Å². The van der Waals surface area contributed by atoms with E-state index in [9.17, 15) is 19.8 Å². The van der Waals surface area contributed by atoms with Crippen molar-refractivity contribution in [2.75, 3.05) is 0 Å². The summed E-state index contributed by atoms with van der Waals surface area (Å²) in [4.78, 5) is 20.7. The Morgan fingerprint density at radius 3 is 1.87 bits per heavy atom. The topological polar surface area (TPSA) is 80.3 Å². The van der Waals surface area contributed by atoms with E-state index < -0.39 is 17.9 Å². The maximum Gasteiger partial charge on any atom is 2.00 e. The summed E-state index contributed by atoms with van der Waals surface area (Å²) < 4.78 is 0. The van der Waals surface area contributed by atoms with Gasteiger partial charge in [0.2, 0.25) is 0 Å². The summed E-state index contributed by atoms with van der Waals surface area (Å²) in [5.74, 6) is -4.53. The van der Waals surface area contributed by atoms with Crippen LogP contribution < -0.4 is 10.2 Å². The first-order valence-corrected chi connectivity index (χ1v) is 5.01. The molecule has 0 aliphatic carbocycles. The number of carbonyl (C=O) groups excluding carboxylic acids is 2. The van der Waals surface area contributed by atoms with Crippen LogP contribution in [0.1, 0.15) is 45.4 Å². The molecule has 0 rings (SSSR count). The van der Waals surface area contributed by atoms with Crippen LogP contribution in [0.4, 0.5) is 0 Å². The van der Waals surface area contributed by atoms with E-state index in [0.29, 0.717) is 6.42 Å². The molecule has 15 heavy (non-hydrogen) atoms. The zero-order chi connectivity index (χ0) is 11.0. The predicted octanol–water partition coefficient (Wildman–Crippen LogP) is -0.918. The van der Waals surface area contributed by atoms with E-state index in [4.69, 9.17) is 0 Å². The molecule has 0 atom stereocenters. The van der Waals surface area contributed by atoms with Crippen molar-refractivity contribution < 1.29 is 19.8 Å². The third kappa shape index (κ3) is 9.44. The first kappa shape index (κ1) is 17.9. The van der Waals surface area contributed by atoms with Crippen molar-refractivity contribution in [1.82, 2.24) is 0 Å². The minimum Gasteiger partial charge on any atom is -0.549 e. The predicted molar refractivity (Wildman–Crippen MR) is 52.6 cm³/mol. The molecular formula is C10H16BaO4. The smallest absolute Gasteiger partial charge is 0.549 e. The summed E-state index contributed by atoms with van der Waals surface area (Å²) in [6, 6.07) is 0. The number of rotatable bonds is 8. The second kappa shape index (κ2) is 11.0. The van der Waals surface area contributed by atoms with Gasteiger partial charge in [-0.25, -0.2) is 0 Å². The maximum absolute atomic E-state index is 10.3. The summed E-state index contributed by atoms with van der Waals surface area (Å²) in [7, 11) is 0. The molecule has 0 unspecified atom stereocenters. The Morgan fingerprint density at radius 2 is 1.47 bits per heavy atom. The maximum atomic E-state index is 10.3. The van der Waals surface area contributed by atoms with Crippen molar-refractivity contribution >= 4 is 60.8 Å². The van der Waals surface area contributed by atoms with E-state index in [1.165, 1.54) is 0 Å². The molecule has 0 aromatic rings. The van der Waals surface area contributed by atoms with Gasteiger partial charge in [0, 0.05) is 5.92 Å². The zero-order valence-corrected chi connectivity index (χ0v) is 13.6. The molecule has 0 aromatic carbocycles. The van der Waals surface area contributed by atoms with Crippen molar-refractivity contribution in [2.24, 2.45) is 5.92 Å². The van der Waals surface area contributed by atoms with Gasteiger partial charge < -0.3 is 19.8 Å². The van der Waals surface area contributed by atoms with Crippen LogP contribution in [0.2, 0.25) is 0 Å². The van der Waals surface area contributed by atoms with Gasteiger partial charge in [0.15, 0.2) is 0 Å². The van der Waals surface area contributed by atoms with E-state index >= 15 is 0 Å². The van der Waals surface area contributed by atoms with E-state index in [1.807, 2.05) is 0 Å². The average Bonchev–Trinajstić information content (AvgIpc) is 2.09. The summed E-state index contributed by atoms with van der Waals surface area (Å²) in [5.41, 5.74) is 0. The number of carboxylic acids is 2. The molecule has 0 N–H and O–H groups in total. The van der Waals surface area contributed by atoms with Crippen molar-refractivity contribution in [1.29, 1.82) is 0 Å². The molecule has 0 fully saturated rings. The van der Waals surface area contributed by atoms with Gasteiger partial charge in [0.05, 0.1) is 11.9 Å². The fourth-order valence-electron chi connectivity index (χ4n) is 1.28. The fourth-order valence-corrected chi connectivity index (χ4v) is 1.28. The first-order chi connectivity index (χ1) is 6.59. The van der Waals surface area contributed by atoms with Crippen LogP contribution in [0.5, 0.6) is 0 Å². The molecule has 0 bridgehead atoms. The second-order valence-electron chi connectivity index (χ2n) is 3.39. The van der Waals surface area contributed by atoms with Crippen LogP contribution in [0, 0.1) is 5.92 Å². The van der Waals surface area contributed by atoms with Gasteiger partial charge in [-0.15, -0.1) is 0 Å². The molecule has 0 saturated heterocycles. The number of unbranched alkanes of at least 4 members (excludes halogenated alkanes) is 4. The van der Waals surface area contributed by atoms with Crippen LogP contribution in [0.25, 0.3) is 0 Å². The molecule has 0 aliphatic heterocycles. The Hall–Kier alpha value is 0.511. The van der Waals surface area contributed by atoms with Gasteiger partial charge in [0.25, 0.3) is 0 Å². The van der Waals surface area contributed by atoms with Crippen LogP contribution >= 0.6 is 0 Å². The summed E-state index contributed by atoms with van der Waals surface area (Å²) >= 11 is 0. The number of carbonyl (C=O) groups is 2. The number of carboxylic acid groups (broad SMARTS) is 2. The number of hydrogen-bond donors (Lipinski definition) is 0. The Bertz CT molecular complexity index is 180. The molecule has 0 aromatic heterocycles. The largest absolute Gasteiger partial charge is 2.00 e. The molecule has 0 aliphatic rings. The van der Waals surface area contributed by atoms with Gasteiger partial charge in [-0.1, -0.05) is 39.0 Å². The molecule has 0 spiro atoms. The van der Waals surface area contributed by atoms with Crippen molar-refractivity contribution in [2.45, 2.75) is 45.4 Å². The van der Waals surface area contributed by atoms with Crippen LogP contribution in [0.3, 0.4) is 0 Å². The summed E-state index contributed by atoms with van der Waals surface area (Å²) in [6.07, 6.45) is 4.81. The minimum absolute atomic E-state index is 0. The monoisotopic (exact) mass is 338 g/mol. The molecule has 5 heteroatoms. The van der Waals surface area contributed by atoms with Gasteiger partial charge >= 0.3 is 48.9 Å². The van der Waals surface area contributed by atoms with Gasteiger partial charge in [-0.2, -0.15) is 0 Å². The standard InChI is InChI=1S/C10H18O4.Ba/c1-2-3-4-5-6-7-8(9(11)12)10(13)14;/h8H,2-7H2,1H3,(H,11,12)(H,13,14);/q;+2/p-2. The van der Waals surface area contributed by atoms with E-state index in [0.717, 1.165) is 25.7 Å². The van der Waals surface area contributed by atoms with Crippen molar-refractivity contribution in [3.63, 3.8) is 0 Å². The van der Waals surface area contributed by atoms with Gasteiger partial charge in [-0.3, -0.25) is 0 Å². The zero-order valence-electron chi connectivity index (χ0n) is 9.16. The molecule has 0 radical (unpaired) electrons. The normalized spacial score (nSPS) is 9.73. The van der Waals surface area contributed by atoms with Crippen LogP contribution in [-0.4, -0.2) is 60.8 Å². The Kier molecular flexibility index (Phi) is 13.1. The first-order valence-electron chi connectivity index (χ1n) is 5.01.